The molecule has 2 aromatic rings. The second-order valence-corrected chi connectivity index (χ2v) is 5.99. The number of ether oxygens (including phenoxy) is 1. The topological polar surface area (TPSA) is 95.5 Å². The zero-order valence-corrected chi connectivity index (χ0v) is 15.7. The van der Waals surface area contributed by atoms with E-state index in [0.29, 0.717) is 11.9 Å². The highest BCUT2D eigenvalue weighted by Gasteiger charge is 2.32. The number of aromatic nitrogens is 3. The van der Waals surface area contributed by atoms with E-state index in [1.807, 2.05) is 0 Å². The molecule has 0 unspecified atom stereocenters. The zero-order valence-electron chi connectivity index (χ0n) is 15.7. The molecule has 1 aromatic carbocycles. The number of anilines is 3. The van der Waals surface area contributed by atoms with Crippen LogP contribution in [0.2, 0.25) is 0 Å². The second-order valence-electron chi connectivity index (χ2n) is 5.99. The Morgan fingerprint density at radius 2 is 1.61 bits per heavy atom. The monoisotopic (exact) mass is 399 g/mol. The average Bonchev–Trinajstić information content (AvgIpc) is 2.60. The normalized spacial score (nSPS) is 11.0. The standard InChI is InChI=1S/C16H20F3N7O2/c1-25(2)13-22-12(23-14(24-13)26(3)4)9-20-15(27)21-10-7-5-6-8-11(10)28-16(17,18)19/h5-8H,9H2,1-4H3,(H2,20,21,27). The Bertz CT molecular complexity index is 802. The predicted molar refractivity (Wildman–Crippen MR) is 97.5 cm³/mol. The van der Waals surface area contributed by atoms with Crippen molar-refractivity contribution in [2.75, 3.05) is 43.3 Å². The Labute approximate surface area is 159 Å². The van der Waals surface area contributed by atoms with Gasteiger partial charge in [-0.1, -0.05) is 12.1 Å². The van der Waals surface area contributed by atoms with Crippen LogP contribution in [-0.2, 0) is 6.54 Å². The van der Waals surface area contributed by atoms with Gasteiger partial charge in [0, 0.05) is 28.2 Å². The minimum absolute atomic E-state index is 0.0572. The number of carbonyl (C=O) groups is 1. The van der Waals surface area contributed by atoms with Gasteiger partial charge >= 0.3 is 12.4 Å². The minimum atomic E-state index is -4.87. The number of alkyl halides is 3. The maximum absolute atomic E-state index is 12.5. The molecular weight excluding hydrogens is 379 g/mol. The molecule has 1 heterocycles. The Kier molecular flexibility index (Phi) is 6.44. The third-order valence-corrected chi connectivity index (χ3v) is 3.23. The summed E-state index contributed by atoms with van der Waals surface area (Å²) < 4.78 is 41.3. The van der Waals surface area contributed by atoms with Gasteiger partial charge in [0.1, 0.15) is 0 Å². The van der Waals surface area contributed by atoms with E-state index in [9.17, 15) is 18.0 Å². The number of nitrogens with one attached hydrogen (secondary N) is 2. The molecule has 2 amide bonds. The van der Waals surface area contributed by atoms with E-state index >= 15 is 0 Å². The van der Waals surface area contributed by atoms with Crippen molar-refractivity contribution >= 4 is 23.6 Å². The molecule has 0 saturated heterocycles. The summed E-state index contributed by atoms with van der Waals surface area (Å²) in [7, 11) is 7.04. The fourth-order valence-corrected chi connectivity index (χ4v) is 1.98. The third kappa shape index (κ3) is 6.14. The van der Waals surface area contributed by atoms with Crippen LogP contribution >= 0.6 is 0 Å². The van der Waals surface area contributed by atoms with E-state index < -0.39 is 18.1 Å². The van der Waals surface area contributed by atoms with Crippen LogP contribution < -0.4 is 25.2 Å². The van der Waals surface area contributed by atoms with Crippen molar-refractivity contribution in [1.82, 2.24) is 20.3 Å². The number of hydrogen-bond donors (Lipinski definition) is 2. The highest BCUT2D eigenvalue weighted by molar-refractivity contribution is 5.90. The van der Waals surface area contributed by atoms with Crippen LogP contribution in [0.1, 0.15) is 5.82 Å². The van der Waals surface area contributed by atoms with Gasteiger partial charge in [-0.3, -0.25) is 0 Å². The van der Waals surface area contributed by atoms with Crippen molar-refractivity contribution in [3.63, 3.8) is 0 Å². The molecular formula is C16H20F3N7O2. The van der Waals surface area contributed by atoms with Gasteiger partial charge in [-0.15, -0.1) is 13.2 Å². The summed E-state index contributed by atoms with van der Waals surface area (Å²) in [6.07, 6.45) is -4.87. The van der Waals surface area contributed by atoms with Crippen LogP contribution in [0.15, 0.2) is 24.3 Å². The van der Waals surface area contributed by atoms with Crippen LogP contribution in [0.4, 0.5) is 35.5 Å². The van der Waals surface area contributed by atoms with Crippen LogP contribution in [-0.4, -0.2) is 55.5 Å². The summed E-state index contributed by atoms with van der Waals surface area (Å²) in [6, 6.07) is 4.48. The van der Waals surface area contributed by atoms with E-state index in [-0.39, 0.29) is 18.1 Å². The number of benzene rings is 1. The van der Waals surface area contributed by atoms with Gasteiger partial charge in [-0.05, 0) is 12.1 Å². The fraction of sp³-hybridized carbons (Fsp3) is 0.375. The van der Waals surface area contributed by atoms with Crippen LogP contribution in [0.3, 0.4) is 0 Å². The molecule has 0 aliphatic heterocycles. The van der Waals surface area contributed by atoms with E-state index in [4.69, 9.17) is 0 Å². The molecule has 152 valence electrons. The number of halogens is 3. The molecule has 0 radical (unpaired) electrons. The Morgan fingerprint density at radius 3 is 2.14 bits per heavy atom. The van der Waals surface area contributed by atoms with Crippen molar-refractivity contribution in [3.05, 3.63) is 30.1 Å². The summed E-state index contributed by atoms with van der Waals surface area (Å²) in [5, 5.41) is 4.80. The Balaban J connectivity index is 2.07. The fourth-order valence-electron chi connectivity index (χ4n) is 1.98. The first-order chi connectivity index (χ1) is 13.0. The average molecular weight is 399 g/mol. The highest BCUT2D eigenvalue weighted by Crippen LogP contribution is 2.29. The van der Waals surface area contributed by atoms with E-state index in [1.165, 1.54) is 18.2 Å². The number of amides is 2. The summed E-state index contributed by atoms with van der Waals surface area (Å²) in [4.78, 5) is 28.2. The van der Waals surface area contributed by atoms with Crippen LogP contribution in [0.25, 0.3) is 0 Å². The lowest BCUT2D eigenvalue weighted by Crippen LogP contribution is -2.30. The smallest absolute Gasteiger partial charge is 0.404 e. The van der Waals surface area contributed by atoms with Gasteiger partial charge in [0.15, 0.2) is 11.6 Å². The molecule has 0 bridgehead atoms. The highest BCUT2D eigenvalue weighted by atomic mass is 19.4. The van der Waals surface area contributed by atoms with Gasteiger partial charge in [-0.2, -0.15) is 15.0 Å². The van der Waals surface area contributed by atoms with Crippen molar-refractivity contribution in [3.8, 4) is 5.75 Å². The summed E-state index contributed by atoms with van der Waals surface area (Å²) in [5.74, 6) is 0.576. The molecule has 9 nitrogen and oxygen atoms in total. The molecule has 2 rings (SSSR count). The van der Waals surface area contributed by atoms with E-state index in [1.54, 1.807) is 38.0 Å². The van der Waals surface area contributed by atoms with Gasteiger partial charge in [0.05, 0.1) is 12.2 Å². The molecule has 0 atom stereocenters. The number of hydrogen-bond acceptors (Lipinski definition) is 7. The lowest BCUT2D eigenvalue weighted by atomic mass is 10.3. The molecule has 0 saturated carbocycles. The summed E-state index contributed by atoms with van der Waals surface area (Å²) in [6.45, 7) is -0.0572. The van der Waals surface area contributed by atoms with E-state index in [0.717, 1.165) is 6.07 Å². The maximum Gasteiger partial charge on any atom is 0.573 e. The Hall–Kier alpha value is -3.31. The molecule has 0 spiro atoms. The maximum atomic E-state index is 12.5. The minimum Gasteiger partial charge on any atom is -0.404 e. The first kappa shape index (κ1) is 21.0. The number of rotatable bonds is 6. The molecule has 0 aliphatic carbocycles. The molecule has 28 heavy (non-hydrogen) atoms. The number of nitrogens with zero attached hydrogens (tertiary/aromatic N) is 5. The number of carbonyl (C=O) groups excluding carboxylic acids is 1. The van der Waals surface area contributed by atoms with Crippen LogP contribution in [0.5, 0.6) is 5.75 Å². The van der Waals surface area contributed by atoms with Gasteiger partial charge in [0.25, 0.3) is 0 Å². The zero-order chi connectivity index (χ0) is 20.9. The first-order valence-corrected chi connectivity index (χ1v) is 8.04. The van der Waals surface area contributed by atoms with Gasteiger partial charge in [-0.25, -0.2) is 4.79 Å². The molecule has 0 aliphatic rings. The SMILES string of the molecule is CN(C)c1nc(CNC(=O)Nc2ccccc2OC(F)(F)F)nc(N(C)C)n1. The number of urea groups is 1. The van der Waals surface area contributed by atoms with E-state index in [2.05, 4.69) is 30.3 Å². The van der Waals surface area contributed by atoms with Gasteiger partial charge in [0.2, 0.25) is 11.9 Å². The molecule has 2 N–H and O–H groups in total. The van der Waals surface area contributed by atoms with Crippen molar-refractivity contribution in [1.29, 1.82) is 0 Å². The van der Waals surface area contributed by atoms with Gasteiger partial charge < -0.3 is 25.2 Å². The van der Waals surface area contributed by atoms with Crippen molar-refractivity contribution in [2.24, 2.45) is 0 Å². The van der Waals surface area contributed by atoms with Crippen molar-refractivity contribution in [2.45, 2.75) is 12.9 Å². The second kappa shape index (κ2) is 8.59. The molecule has 1 aromatic heterocycles. The first-order valence-electron chi connectivity index (χ1n) is 8.04. The largest absolute Gasteiger partial charge is 0.573 e. The molecule has 0 fully saturated rings. The third-order valence-electron chi connectivity index (χ3n) is 3.23. The quantitative estimate of drug-likeness (QED) is 0.769. The molecule has 12 heteroatoms. The summed E-state index contributed by atoms with van der Waals surface area (Å²) >= 11 is 0. The number of para-hydroxylation sites is 2. The lowest BCUT2D eigenvalue weighted by Gasteiger charge is -2.17. The van der Waals surface area contributed by atoms with Crippen molar-refractivity contribution < 1.29 is 22.7 Å². The lowest BCUT2D eigenvalue weighted by molar-refractivity contribution is -0.274. The van der Waals surface area contributed by atoms with Crippen LogP contribution in [0, 0.1) is 0 Å². The predicted octanol–water partition coefficient (Wildman–Crippen LogP) is 2.22. The summed E-state index contributed by atoms with van der Waals surface area (Å²) in [5.41, 5.74) is -0.129. The Morgan fingerprint density at radius 1 is 1.04 bits per heavy atom.